The molecule has 4 nitrogen and oxygen atoms in total. The SMILES string of the molecule is O=C(O)C(Cl)=C(Cl)C(=O)Nc1ccc(Br)cc1. The summed E-state index contributed by atoms with van der Waals surface area (Å²) in [6, 6.07) is 6.68. The first kappa shape index (κ1) is 14.0. The Hall–Kier alpha value is -1.04. The quantitative estimate of drug-likeness (QED) is 0.832. The summed E-state index contributed by atoms with van der Waals surface area (Å²) in [6.07, 6.45) is 0. The molecule has 0 unspecified atom stereocenters. The summed E-state index contributed by atoms with van der Waals surface area (Å²) in [5.41, 5.74) is 0.478. The summed E-state index contributed by atoms with van der Waals surface area (Å²) in [5, 5.41) is 9.66. The van der Waals surface area contributed by atoms with E-state index in [9.17, 15) is 9.59 Å². The van der Waals surface area contributed by atoms with Gasteiger partial charge in [0.05, 0.1) is 0 Å². The fraction of sp³-hybridized carbons (Fsp3) is 0. The molecule has 0 heterocycles. The summed E-state index contributed by atoms with van der Waals surface area (Å²) in [5.74, 6) is -2.23. The number of carboxylic acid groups (broad SMARTS) is 1. The van der Waals surface area contributed by atoms with Gasteiger partial charge in [0.1, 0.15) is 10.1 Å². The molecular weight excluding hydrogens is 333 g/mol. The van der Waals surface area contributed by atoms with E-state index >= 15 is 0 Å². The normalized spacial score (nSPS) is 11.7. The number of halogens is 3. The minimum Gasteiger partial charge on any atom is -0.477 e. The van der Waals surface area contributed by atoms with Gasteiger partial charge in [0, 0.05) is 10.2 Å². The monoisotopic (exact) mass is 337 g/mol. The van der Waals surface area contributed by atoms with Gasteiger partial charge < -0.3 is 10.4 Å². The lowest BCUT2D eigenvalue weighted by molar-refractivity contribution is -0.132. The summed E-state index contributed by atoms with van der Waals surface area (Å²) in [7, 11) is 0. The minimum absolute atomic E-state index is 0.478. The Labute approximate surface area is 115 Å². The Kier molecular flexibility index (Phi) is 4.99. The van der Waals surface area contributed by atoms with Gasteiger partial charge in [-0.25, -0.2) is 4.79 Å². The number of carboxylic acids is 1. The molecule has 1 amide bonds. The molecule has 0 saturated carbocycles. The van der Waals surface area contributed by atoms with Crippen molar-refractivity contribution in [2.75, 3.05) is 5.32 Å². The summed E-state index contributed by atoms with van der Waals surface area (Å²) < 4.78 is 0.848. The van der Waals surface area contributed by atoms with Crippen molar-refractivity contribution in [3.8, 4) is 0 Å². The molecule has 0 aromatic heterocycles. The number of benzene rings is 1. The smallest absolute Gasteiger partial charge is 0.349 e. The molecule has 1 aromatic carbocycles. The molecule has 7 heteroatoms. The number of hydrogen-bond acceptors (Lipinski definition) is 2. The molecule has 0 aliphatic carbocycles. The van der Waals surface area contributed by atoms with Crippen LogP contribution in [0.5, 0.6) is 0 Å². The van der Waals surface area contributed by atoms with Gasteiger partial charge >= 0.3 is 5.97 Å². The lowest BCUT2D eigenvalue weighted by Gasteiger charge is -2.04. The second-order valence-corrected chi connectivity index (χ2v) is 4.57. The molecule has 2 N–H and O–H groups in total. The van der Waals surface area contributed by atoms with Gasteiger partial charge in [0.25, 0.3) is 5.91 Å². The van der Waals surface area contributed by atoms with E-state index < -0.39 is 21.9 Å². The summed E-state index contributed by atoms with van der Waals surface area (Å²) in [6.45, 7) is 0. The number of anilines is 1. The van der Waals surface area contributed by atoms with Crippen molar-refractivity contribution in [3.05, 3.63) is 38.8 Å². The average Bonchev–Trinajstić information content (AvgIpc) is 2.30. The number of hydrogen-bond donors (Lipinski definition) is 2. The van der Waals surface area contributed by atoms with Crippen LogP contribution in [0.25, 0.3) is 0 Å². The van der Waals surface area contributed by atoms with Gasteiger partial charge in [-0.1, -0.05) is 39.1 Å². The van der Waals surface area contributed by atoms with E-state index in [1.54, 1.807) is 24.3 Å². The summed E-state index contributed by atoms with van der Waals surface area (Å²) >= 11 is 14.1. The predicted molar refractivity (Wildman–Crippen MR) is 69.1 cm³/mol. The molecule has 90 valence electrons. The molecular formula is C10H6BrCl2NO3. The molecule has 0 aliphatic rings. The van der Waals surface area contributed by atoms with E-state index in [4.69, 9.17) is 28.3 Å². The molecule has 0 saturated heterocycles. The maximum Gasteiger partial charge on any atom is 0.349 e. The highest BCUT2D eigenvalue weighted by molar-refractivity contribution is 9.10. The Morgan fingerprint density at radius 2 is 1.65 bits per heavy atom. The van der Waals surface area contributed by atoms with Crippen LogP contribution in [0, 0.1) is 0 Å². The van der Waals surface area contributed by atoms with Crippen LogP contribution >= 0.6 is 39.1 Å². The highest BCUT2D eigenvalue weighted by Gasteiger charge is 2.17. The standard InChI is InChI=1S/C10H6BrCl2NO3/c11-5-1-3-6(4-2-5)14-9(15)7(12)8(13)10(16)17/h1-4H,(H,14,15)(H,16,17). The maximum atomic E-state index is 11.5. The first-order chi connectivity index (χ1) is 7.91. The number of nitrogens with one attached hydrogen (secondary N) is 1. The highest BCUT2D eigenvalue weighted by Crippen LogP contribution is 2.18. The zero-order valence-electron chi connectivity index (χ0n) is 8.21. The number of carbonyl (C=O) groups excluding carboxylic acids is 1. The van der Waals surface area contributed by atoms with Gasteiger partial charge in [-0.2, -0.15) is 0 Å². The average molecular weight is 339 g/mol. The van der Waals surface area contributed by atoms with Crippen molar-refractivity contribution >= 4 is 56.7 Å². The van der Waals surface area contributed by atoms with Gasteiger partial charge in [0.15, 0.2) is 0 Å². The molecule has 0 bridgehead atoms. The van der Waals surface area contributed by atoms with Crippen LogP contribution in [0.3, 0.4) is 0 Å². The van der Waals surface area contributed by atoms with Crippen LogP contribution in [-0.4, -0.2) is 17.0 Å². The zero-order chi connectivity index (χ0) is 13.0. The van der Waals surface area contributed by atoms with Crippen molar-refractivity contribution in [3.63, 3.8) is 0 Å². The Morgan fingerprint density at radius 3 is 2.12 bits per heavy atom. The van der Waals surface area contributed by atoms with Crippen LogP contribution < -0.4 is 5.32 Å². The van der Waals surface area contributed by atoms with Crippen LogP contribution in [0.2, 0.25) is 0 Å². The third kappa shape index (κ3) is 4.03. The number of aliphatic carboxylic acids is 1. The lowest BCUT2D eigenvalue weighted by atomic mass is 10.3. The molecule has 0 atom stereocenters. The number of amides is 1. The van der Waals surface area contributed by atoms with Crippen molar-refractivity contribution in [1.82, 2.24) is 0 Å². The Bertz CT molecular complexity index is 485. The fourth-order valence-electron chi connectivity index (χ4n) is 0.913. The van der Waals surface area contributed by atoms with Crippen LogP contribution in [0.4, 0.5) is 5.69 Å². The van der Waals surface area contributed by atoms with Gasteiger partial charge in [-0.3, -0.25) is 4.79 Å². The first-order valence-corrected chi connectivity index (χ1v) is 5.82. The Morgan fingerprint density at radius 1 is 1.12 bits per heavy atom. The third-order valence-corrected chi connectivity index (χ3v) is 3.02. The van der Waals surface area contributed by atoms with Crippen LogP contribution in [0.1, 0.15) is 0 Å². The minimum atomic E-state index is -1.46. The van der Waals surface area contributed by atoms with Crippen LogP contribution in [-0.2, 0) is 9.59 Å². The molecule has 0 spiro atoms. The second-order valence-electron chi connectivity index (χ2n) is 2.89. The lowest BCUT2D eigenvalue weighted by Crippen LogP contribution is -2.14. The number of rotatable bonds is 3. The van der Waals surface area contributed by atoms with Crippen molar-refractivity contribution in [2.24, 2.45) is 0 Å². The number of carbonyl (C=O) groups is 2. The van der Waals surface area contributed by atoms with Gasteiger partial charge in [-0.15, -0.1) is 0 Å². The highest BCUT2D eigenvalue weighted by atomic mass is 79.9. The second kappa shape index (κ2) is 6.05. The largest absolute Gasteiger partial charge is 0.477 e. The zero-order valence-corrected chi connectivity index (χ0v) is 11.3. The molecule has 0 aliphatic heterocycles. The predicted octanol–water partition coefficient (Wildman–Crippen LogP) is 3.16. The van der Waals surface area contributed by atoms with E-state index in [0.29, 0.717) is 5.69 Å². The van der Waals surface area contributed by atoms with Gasteiger partial charge in [0.2, 0.25) is 0 Å². The fourth-order valence-corrected chi connectivity index (χ4v) is 1.39. The van der Waals surface area contributed by atoms with E-state index in [2.05, 4.69) is 21.2 Å². The van der Waals surface area contributed by atoms with Gasteiger partial charge in [-0.05, 0) is 24.3 Å². The van der Waals surface area contributed by atoms with Crippen molar-refractivity contribution in [2.45, 2.75) is 0 Å². The molecule has 0 radical (unpaired) electrons. The van der Waals surface area contributed by atoms with Crippen molar-refractivity contribution < 1.29 is 14.7 Å². The Balaban J connectivity index is 2.83. The third-order valence-electron chi connectivity index (χ3n) is 1.68. The molecule has 1 rings (SSSR count). The topological polar surface area (TPSA) is 66.4 Å². The van der Waals surface area contributed by atoms with E-state index in [-0.39, 0.29) is 0 Å². The molecule has 1 aromatic rings. The molecule has 0 fully saturated rings. The first-order valence-electron chi connectivity index (χ1n) is 4.27. The van der Waals surface area contributed by atoms with E-state index in [1.165, 1.54) is 0 Å². The van der Waals surface area contributed by atoms with E-state index in [0.717, 1.165) is 4.47 Å². The van der Waals surface area contributed by atoms with E-state index in [1.807, 2.05) is 0 Å². The van der Waals surface area contributed by atoms with Crippen molar-refractivity contribution in [1.29, 1.82) is 0 Å². The maximum absolute atomic E-state index is 11.5. The summed E-state index contributed by atoms with van der Waals surface area (Å²) in [4.78, 5) is 22.0. The molecule has 17 heavy (non-hydrogen) atoms. The van der Waals surface area contributed by atoms with Crippen LogP contribution in [0.15, 0.2) is 38.8 Å².